The van der Waals surface area contributed by atoms with Gasteiger partial charge < -0.3 is 4.74 Å². The third-order valence-electron chi connectivity index (χ3n) is 2.82. The molecule has 2 atom stereocenters. The molecular formula is C11H10F2N3O+. The van der Waals surface area contributed by atoms with E-state index in [1.165, 1.54) is 18.5 Å². The number of hydrogen-bond acceptors (Lipinski definition) is 3. The molecule has 0 saturated carbocycles. The first-order valence-electron chi connectivity index (χ1n) is 5.28. The molecular weight excluding hydrogens is 228 g/mol. The molecule has 2 aliphatic rings. The standard InChI is InChI=1S/C11H10F2N3O/c12-7-1-2-8(9(13)3-7)11(10-4-17-10)16-6-14-5-15-16/h1-3,5,10-11H,4,6H2/q+1. The van der Waals surface area contributed by atoms with Crippen molar-refractivity contribution in [2.75, 3.05) is 13.3 Å². The van der Waals surface area contributed by atoms with Gasteiger partial charge in [-0.15, -0.1) is 0 Å². The van der Waals surface area contributed by atoms with Crippen LogP contribution in [0.1, 0.15) is 11.6 Å². The fourth-order valence-corrected chi connectivity index (χ4v) is 1.95. The second-order valence-electron chi connectivity index (χ2n) is 3.98. The Balaban J connectivity index is 1.98. The number of hydrogen-bond donors (Lipinski definition) is 0. The van der Waals surface area contributed by atoms with Crippen molar-refractivity contribution in [3.8, 4) is 0 Å². The number of benzene rings is 1. The summed E-state index contributed by atoms with van der Waals surface area (Å²) in [4.78, 5) is 3.95. The minimum Gasteiger partial charge on any atom is -0.365 e. The Hall–Kier alpha value is -1.69. The maximum absolute atomic E-state index is 13.7. The number of azo groups is 2. The molecule has 0 aromatic heterocycles. The van der Waals surface area contributed by atoms with Crippen LogP contribution in [0.5, 0.6) is 0 Å². The van der Waals surface area contributed by atoms with E-state index in [0.29, 0.717) is 18.8 Å². The maximum Gasteiger partial charge on any atom is 0.263 e. The second kappa shape index (κ2) is 3.96. The number of aliphatic imine (C=N–C) groups is 1. The minimum atomic E-state index is -0.587. The molecule has 17 heavy (non-hydrogen) atoms. The van der Waals surface area contributed by atoms with Gasteiger partial charge in [-0.2, -0.15) is 4.99 Å². The Bertz CT molecular complexity index is 511. The summed E-state index contributed by atoms with van der Waals surface area (Å²) in [5.41, 5.74) is 0.392. The zero-order chi connectivity index (χ0) is 11.8. The molecule has 0 spiro atoms. The zero-order valence-corrected chi connectivity index (χ0v) is 8.88. The lowest BCUT2D eigenvalue weighted by molar-refractivity contribution is -0.624. The number of rotatable bonds is 3. The van der Waals surface area contributed by atoms with Gasteiger partial charge >= 0.3 is 0 Å². The summed E-state index contributed by atoms with van der Waals surface area (Å²) in [6.45, 7) is 0.939. The van der Waals surface area contributed by atoms with E-state index in [1.54, 1.807) is 4.70 Å². The van der Waals surface area contributed by atoms with E-state index in [4.69, 9.17) is 4.74 Å². The van der Waals surface area contributed by atoms with Crippen LogP contribution >= 0.6 is 0 Å². The Morgan fingerprint density at radius 2 is 2.24 bits per heavy atom. The molecule has 0 aliphatic carbocycles. The van der Waals surface area contributed by atoms with Gasteiger partial charge in [0, 0.05) is 11.2 Å². The fourth-order valence-electron chi connectivity index (χ4n) is 1.95. The topological polar surface area (TPSA) is 40.3 Å². The van der Waals surface area contributed by atoms with Crippen LogP contribution in [-0.4, -0.2) is 30.4 Å². The molecule has 0 bridgehead atoms. The average Bonchev–Trinajstić information content (AvgIpc) is 2.97. The highest BCUT2D eigenvalue weighted by Crippen LogP contribution is 2.33. The Kier molecular flexibility index (Phi) is 2.44. The second-order valence-corrected chi connectivity index (χ2v) is 3.98. The smallest absolute Gasteiger partial charge is 0.263 e. The molecule has 2 heterocycles. The molecule has 2 unspecified atom stereocenters. The van der Waals surface area contributed by atoms with E-state index >= 15 is 0 Å². The summed E-state index contributed by atoms with van der Waals surface area (Å²) in [7, 11) is 0. The monoisotopic (exact) mass is 238 g/mol. The summed E-state index contributed by atoms with van der Waals surface area (Å²) in [5, 5.41) is 4.04. The van der Waals surface area contributed by atoms with Crippen molar-refractivity contribution < 1.29 is 18.2 Å². The van der Waals surface area contributed by atoms with E-state index in [9.17, 15) is 8.78 Å². The summed E-state index contributed by atoms with van der Waals surface area (Å²) in [6.07, 6.45) is 1.33. The van der Waals surface area contributed by atoms with Crippen LogP contribution in [0.15, 0.2) is 28.3 Å². The van der Waals surface area contributed by atoms with E-state index in [0.717, 1.165) is 6.07 Å². The normalized spacial score (nSPS) is 23.6. The van der Waals surface area contributed by atoms with Crippen LogP contribution in [0.4, 0.5) is 8.78 Å². The predicted molar refractivity (Wildman–Crippen MR) is 54.9 cm³/mol. The molecule has 1 saturated heterocycles. The highest BCUT2D eigenvalue weighted by Gasteiger charge is 2.45. The van der Waals surface area contributed by atoms with E-state index in [1.807, 2.05) is 0 Å². The quantitative estimate of drug-likeness (QED) is 0.585. The summed E-state index contributed by atoms with van der Waals surface area (Å²) in [5.74, 6) is -1.16. The highest BCUT2D eigenvalue weighted by molar-refractivity contribution is 5.54. The van der Waals surface area contributed by atoms with E-state index in [2.05, 4.69) is 10.1 Å². The molecule has 6 heteroatoms. The van der Waals surface area contributed by atoms with Crippen molar-refractivity contribution in [1.29, 1.82) is 0 Å². The van der Waals surface area contributed by atoms with Gasteiger partial charge in [0.15, 0.2) is 6.34 Å². The van der Waals surface area contributed by atoms with Gasteiger partial charge in [-0.25, -0.2) is 8.78 Å². The van der Waals surface area contributed by atoms with E-state index in [-0.39, 0.29) is 12.1 Å². The van der Waals surface area contributed by atoms with Crippen LogP contribution in [-0.2, 0) is 4.74 Å². The van der Waals surface area contributed by atoms with Crippen molar-refractivity contribution in [3.63, 3.8) is 0 Å². The third kappa shape index (κ3) is 1.95. The zero-order valence-electron chi connectivity index (χ0n) is 8.88. The van der Waals surface area contributed by atoms with Crippen LogP contribution in [0, 0.1) is 11.6 Å². The molecule has 2 aliphatic heterocycles. The molecule has 4 nitrogen and oxygen atoms in total. The Morgan fingerprint density at radius 1 is 1.41 bits per heavy atom. The third-order valence-corrected chi connectivity index (χ3v) is 2.82. The van der Waals surface area contributed by atoms with Crippen molar-refractivity contribution in [2.24, 2.45) is 10.1 Å². The van der Waals surface area contributed by atoms with Gasteiger partial charge in [-0.1, -0.05) is 4.70 Å². The van der Waals surface area contributed by atoms with Gasteiger partial charge in [0.25, 0.3) is 6.67 Å². The lowest BCUT2D eigenvalue weighted by Gasteiger charge is -2.09. The lowest BCUT2D eigenvalue weighted by atomic mass is 10.0. The minimum absolute atomic E-state index is 0.0968. The van der Waals surface area contributed by atoms with Crippen molar-refractivity contribution in [1.82, 2.24) is 0 Å². The van der Waals surface area contributed by atoms with Gasteiger partial charge in [-0.05, 0) is 12.1 Å². The number of halogens is 2. The van der Waals surface area contributed by atoms with Crippen LogP contribution in [0.2, 0.25) is 0 Å². The summed E-state index contributed by atoms with van der Waals surface area (Å²) < 4.78 is 33.5. The molecule has 1 aromatic carbocycles. The number of ether oxygens (including phenoxy) is 1. The molecule has 0 N–H and O–H groups in total. The molecule has 3 rings (SSSR count). The van der Waals surface area contributed by atoms with Crippen molar-refractivity contribution >= 4 is 6.34 Å². The highest BCUT2D eigenvalue weighted by atomic mass is 19.1. The van der Waals surface area contributed by atoms with Crippen LogP contribution in [0.25, 0.3) is 0 Å². The fraction of sp³-hybridized carbons (Fsp3) is 0.364. The molecule has 88 valence electrons. The predicted octanol–water partition coefficient (Wildman–Crippen LogP) is 1.87. The largest absolute Gasteiger partial charge is 0.365 e. The van der Waals surface area contributed by atoms with Crippen LogP contribution in [0.3, 0.4) is 0 Å². The maximum atomic E-state index is 13.7. The number of nitrogens with zero attached hydrogens (tertiary/aromatic N) is 3. The van der Waals surface area contributed by atoms with E-state index < -0.39 is 11.6 Å². The van der Waals surface area contributed by atoms with Gasteiger partial charge in [0.2, 0.25) is 6.04 Å². The van der Waals surface area contributed by atoms with Gasteiger partial charge in [-0.3, -0.25) is 0 Å². The molecule has 1 fully saturated rings. The Labute approximate surface area is 96.2 Å². The summed E-state index contributed by atoms with van der Waals surface area (Å²) >= 11 is 0. The van der Waals surface area contributed by atoms with Crippen molar-refractivity contribution in [3.05, 3.63) is 35.4 Å². The molecule has 0 radical (unpaired) electrons. The number of epoxide rings is 1. The summed E-state index contributed by atoms with van der Waals surface area (Å²) in [6, 6.07) is 3.22. The van der Waals surface area contributed by atoms with Gasteiger partial charge in [0.05, 0.1) is 12.2 Å². The lowest BCUT2D eigenvalue weighted by Crippen LogP contribution is -2.22. The first-order valence-corrected chi connectivity index (χ1v) is 5.28. The Morgan fingerprint density at radius 3 is 2.82 bits per heavy atom. The SMILES string of the molecule is Fc1ccc(C(C2CO2)[N+]2=NC=NC2)c(F)c1. The first-order chi connectivity index (χ1) is 8.25. The average molecular weight is 238 g/mol. The first kappa shape index (κ1) is 10.5. The van der Waals surface area contributed by atoms with Crippen LogP contribution < -0.4 is 0 Å². The molecule has 0 amide bonds. The van der Waals surface area contributed by atoms with Gasteiger partial charge in [0.1, 0.15) is 17.7 Å². The molecule has 1 aromatic rings. The van der Waals surface area contributed by atoms with Crippen molar-refractivity contribution in [2.45, 2.75) is 12.1 Å².